The average Bonchev–Trinajstić information content (AvgIpc) is 2.97. The van der Waals surface area contributed by atoms with Crippen LogP contribution in [0.1, 0.15) is 51.5 Å². The second-order valence-electron chi connectivity index (χ2n) is 8.66. The molecule has 2 fully saturated rings. The van der Waals surface area contributed by atoms with Crippen molar-refractivity contribution in [3.63, 3.8) is 0 Å². The molecule has 148 valence electrons. The quantitative estimate of drug-likeness (QED) is 0.812. The van der Waals surface area contributed by atoms with Crippen molar-refractivity contribution < 1.29 is 9.18 Å². The minimum atomic E-state index is -0.191. The van der Waals surface area contributed by atoms with Crippen LogP contribution in [0.25, 0.3) is 0 Å². The summed E-state index contributed by atoms with van der Waals surface area (Å²) in [6, 6.07) is 5.63. The maximum absolute atomic E-state index is 14.0. The van der Waals surface area contributed by atoms with Gasteiger partial charge in [-0.15, -0.1) is 0 Å². The van der Waals surface area contributed by atoms with Crippen LogP contribution in [0.4, 0.5) is 10.1 Å². The number of carbonyl (C=O) groups excluding carboxylic acids is 1. The molecule has 0 unspecified atom stereocenters. The zero-order valence-electron chi connectivity index (χ0n) is 16.7. The van der Waals surface area contributed by atoms with Gasteiger partial charge in [-0.05, 0) is 88.6 Å². The number of hydrogen-bond donors (Lipinski definition) is 0. The molecule has 3 heterocycles. The summed E-state index contributed by atoms with van der Waals surface area (Å²) in [7, 11) is 0. The largest absolute Gasteiger partial charge is 0.311 e. The van der Waals surface area contributed by atoms with Gasteiger partial charge in [-0.2, -0.15) is 0 Å². The van der Waals surface area contributed by atoms with E-state index >= 15 is 0 Å². The molecule has 0 N–H and O–H groups in total. The first-order valence-corrected chi connectivity index (χ1v) is 10.6. The first-order valence-electron chi connectivity index (χ1n) is 10.6. The summed E-state index contributed by atoms with van der Waals surface area (Å²) in [5.74, 6) is -0.130. The van der Waals surface area contributed by atoms with Crippen molar-refractivity contribution >= 4 is 11.6 Å². The topological polar surface area (TPSA) is 26.8 Å². The predicted molar refractivity (Wildman–Crippen MR) is 107 cm³/mol. The highest BCUT2D eigenvalue weighted by Crippen LogP contribution is 2.47. The van der Waals surface area contributed by atoms with Gasteiger partial charge in [-0.25, -0.2) is 4.39 Å². The minimum Gasteiger partial charge on any atom is -0.311 e. The number of nitrogens with zero attached hydrogens (tertiary/aromatic N) is 3. The zero-order valence-corrected chi connectivity index (χ0v) is 16.7. The molecule has 27 heavy (non-hydrogen) atoms. The molecule has 1 amide bonds. The average molecular weight is 374 g/mol. The molecular weight excluding hydrogens is 341 g/mol. The molecule has 0 atom stereocenters. The lowest BCUT2D eigenvalue weighted by Crippen LogP contribution is -2.51. The molecule has 1 aromatic carbocycles. The molecule has 3 aliphatic rings. The number of likely N-dealkylation sites (tertiary alicyclic amines) is 2. The van der Waals surface area contributed by atoms with Crippen LogP contribution in [0, 0.1) is 5.82 Å². The van der Waals surface area contributed by atoms with Crippen LogP contribution in [-0.2, 0) is 10.2 Å². The molecule has 1 spiro atoms. The Morgan fingerprint density at radius 3 is 2.52 bits per heavy atom. The SMILES string of the molecule is CCCN1CCC(N2CCC3(CC2)CN(C(C)=O)c2ccc(F)cc23)CC1. The number of fused-ring (bicyclic) bond motifs is 2. The number of anilines is 1. The van der Waals surface area contributed by atoms with E-state index in [0.717, 1.165) is 37.2 Å². The number of amides is 1. The Labute approximate surface area is 162 Å². The van der Waals surface area contributed by atoms with Gasteiger partial charge in [0.2, 0.25) is 5.91 Å². The summed E-state index contributed by atoms with van der Waals surface area (Å²) in [5, 5.41) is 0. The highest BCUT2D eigenvalue weighted by Gasteiger charge is 2.46. The molecule has 0 bridgehead atoms. The summed E-state index contributed by atoms with van der Waals surface area (Å²) >= 11 is 0. The van der Waals surface area contributed by atoms with Crippen molar-refractivity contribution in [1.82, 2.24) is 9.80 Å². The Kier molecular flexibility index (Phi) is 5.26. The smallest absolute Gasteiger partial charge is 0.223 e. The van der Waals surface area contributed by atoms with Crippen molar-refractivity contribution in [1.29, 1.82) is 0 Å². The van der Waals surface area contributed by atoms with Gasteiger partial charge < -0.3 is 14.7 Å². The second-order valence-corrected chi connectivity index (χ2v) is 8.66. The zero-order chi connectivity index (χ0) is 19.0. The first-order chi connectivity index (χ1) is 13.0. The van der Waals surface area contributed by atoms with E-state index in [-0.39, 0.29) is 17.1 Å². The fraction of sp³-hybridized carbons (Fsp3) is 0.682. The Morgan fingerprint density at radius 1 is 1.19 bits per heavy atom. The van der Waals surface area contributed by atoms with E-state index in [2.05, 4.69) is 16.7 Å². The van der Waals surface area contributed by atoms with Gasteiger partial charge in [-0.1, -0.05) is 6.92 Å². The monoisotopic (exact) mass is 373 g/mol. The van der Waals surface area contributed by atoms with Crippen LogP contribution in [0.15, 0.2) is 18.2 Å². The van der Waals surface area contributed by atoms with Crippen LogP contribution in [0.5, 0.6) is 0 Å². The van der Waals surface area contributed by atoms with Crippen LogP contribution < -0.4 is 4.90 Å². The van der Waals surface area contributed by atoms with Crippen molar-refractivity contribution in [3.05, 3.63) is 29.6 Å². The fourth-order valence-electron chi connectivity index (χ4n) is 5.49. The normalized spacial score (nSPS) is 23.7. The number of carbonyl (C=O) groups is 1. The Balaban J connectivity index is 1.45. The van der Waals surface area contributed by atoms with Crippen LogP contribution >= 0.6 is 0 Å². The van der Waals surface area contributed by atoms with Crippen molar-refractivity contribution in [2.45, 2.75) is 57.4 Å². The van der Waals surface area contributed by atoms with Crippen molar-refractivity contribution in [2.75, 3.05) is 44.2 Å². The third-order valence-electron chi connectivity index (χ3n) is 7.03. The number of piperidine rings is 2. The van der Waals surface area contributed by atoms with E-state index in [9.17, 15) is 9.18 Å². The van der Waals surface area contributed by atoms with Crippen molar-refractivity contribution in [3.8, 4) is 0 Å². The molecule has 4 rings (SSSR count). The molecule has 1 aromatic rings. The van der Waals surface area contributed by atoms with Gasteiger partial charge in [0, 0.05) is 30.6 Å². The van der Waals surface area contributed by atoms with Crippen LogP contribution in [0.3, 0.4) is 0 Å². The summed E-state index contributed by atoms with van der Waals surface area (Å²) in [6.45, 7) is 10.3. The molecule has 0 radical (unpaired) electrons. The third-order valence-corrected chi connectivity index (χ3v) is 7.03. The maximum atomic E-state index is 14.0. The molecule has 2 saturated heterocycles. The van der Waals surface area contributed by atoms with E-state index in [1.165, 1.54) is 45.0 Å². The summed E-state index contributed by atoms with van der Waals surface area (Å²) in [6.07, 6.45) is 5.79. The second kappa shape index (κ2) is 7.51. The van der Waals surface area contributed by atoms with Crippen molar-refractivity contribution in [2.24, 2.45) is 0 Å². The minimum absolute atomic E-state index is 0.0606. The van der Waals surface area contributed by atoms with Crippen LogP contribution in [-0.4, -0.2) is 61.0 Å². The number of hydrogen-bond acceptors (Lipinski definition) is 3. The molecule has 0 aliphatic carbocycles. The predicted octanol–water partition coefficient (Wildman–Crippen LogP) is 3.40. The molecule has 5 heteroatoms. The lowest BCUT2D eigenvalue weighted by molar-refractivity contribution is -0.116. The lowest BCUT2D eigenvalue weighted by atomic mass is 9.74. The Hall–Kier alpha value is -1.46. The molecule has 4 nitrogen and oxygen atoms in total. The van der Waals surface area contributed by atoms with Gasteiger partial charge in [0.25, 0.3) is 0 Å². The molecular formula is C22H32FN3O. The van der Waals surface area contributed by atoms with E-state index in [1.54, 1.807) is 19.1 Å². The third kappa shape index (κ3) is 3.52. The highest BCUT2D eigenvalue weighted by atomic mass is 19.1. The van der Waals surface area contributed by atoms with Gasteiger partial charge in [0.05, 0.1) is 0 Å². The number of rotatable bonds is 3. The van der Waals surface area contributed by atoms with Gasteiger partial charge in [0.15, 0.2) is 0 Å². The maximum Gasteiger partial charge on any atom is 0.223 e. The highest BCUT2D eigenvalue weighted by molar-refractivity contribution is 5.94. The number of halogens is 1. The van der Waals surface area contributed by atoms with Crippen LogP contribution in [0.2, 0.25) is 0 Å². The fourth-order valence-corrected chi connectivity index (χ4v) is 5.49. The molecule has 3 aliphatic heterocycles. The van der Waals surface area contributed by atoms with Gasteiger partial charge in [0.1, 0.15) is 5.82 Å². The van der Waals surface area contributed by atoms with E-state index in [1.807, 2.05) is 4.90 Å². The number of benzene rings is 1. The van der Waals surface area contributed by atoms with Gasteiger partial charge >= 0.3 is 0 Å². The Bertz CT molecular complexity index is 691. The first kappa shape index (κ1) is 18.9. The van der Waals surface area contributed by atoms with E-state index in [0.29, 0.717) is 12.6 Å². The van der Waals surface area contributed by atoms with E-state index in [4.69, 9.17) is 0 Å². The molecule has 0 saturated carbocycles. The standard InChI is InChI=1S/C22H32FN3O/c1-3-10-24-11-6-19(7-12-24)25-13-8-22(9-14-25)16-26(17(2)27)21-5-4-18(23)15-20(21)22/h4-5,15,19H,3,6-14,16H2,1-2H3. The summed E-state index contributed by atoms with van der Waals surface area (Å²) in [4.78, 5) is 19.2. The summed E-state index contributed by atoms with van der Waals surface area (Å²) < 4.78 is 14.0. The lowest BCUT2D eigenvalue weighted by Gasteiger charge is -2.45. The van der Waals surface area contributed by atoms with E-state index < -0.39 is 0 Å². The molecule has 0 aromatic heterocycles. The van der Waals surface area contributed by atoms with Gasteiger partial charge in [-0.3, -0.25) is 4.79 Å². The Morgan fingerprint density at radius 2 is 1.89 bits per heavy atom. The summed E-state index contributed by atoms with van der Waals surface area (Å²) in [5.41, 5.74) is 1.91.